The largest absolute Gasteiger partial charge is 0.397 e. The molecule has 0 fully saturated rings. The molecule has 0 bridgehead atoms. The van der Waals surface area contributed by atoms with Crippen molar-refractivity contribution in [1.82, 2.24) is 9.88 Å². The van der Waals surface area contributed by atoms with E-state index in [1.54, 1.807) is 0 Å². The molecule has 24 heavy (non-hydrogen) atoms. The van der Waals surface area contributed by atoms with Crippen LogP contribution in [0.25, 0.3) is 0 Å². The van der Waals surface area contributed by atoms with Crippen LogP contribution in [0.2, 0.25) is 0 Å². The minimum atomic E-state index is 0.398. The van der Waals surface area contributed by atoms with E-state index in [1.165, 1.54) is 24.1 Å². The second-order valence-corrected chi connectivity index (χ2v) is 6.32. The number of hydrogen-bond donors (Lipinski definition) is 1. The Bertz CT molecular complexity index is 696. The van der Waals surface area contributed by atoms with Gasteiger partial charge >= 0.3 is 0 Å². The van der Waals surface area contributed by atoms with Crippen molar-refractivity contribution in [3.63, 3.8) is 0 Å². The van der Waals surface area contributed by atoms with E-state index in [0.717, 1.165) is 37.3 Å². The smallest absolute Gasteiger partial charge is 0.0855 e. The quantitative estimate of drug-likeness (QED) is 0.642. The van der Waals surface area contributed by atoms with Gasteiger partial charge in [0.1, 0.15) is 0 Å². The van der Waals surface area contributed by atoms with Gasteiger partial charge in [0.2, 0.25) is 0 Å². The van der Waals surface area contributed by atoms with Crippen LogP contribution in [0.5, 0.6) is 0 Å². The van der Waals surface area contributed by atoms with Crippen LogP contribution in [-0.2, 0) is 6.42 Å². The third-order valence-corrected chi connectivity index (χ3v) is 4.60. The first-order chi connectivity index (χ1) is 11.8. The SMILES string of the molecule is CCCN(C/C=N/c1ccccc1N)C1CCCc2cccnc21. The number of aromatic nitrogens is 1. The van der Waals surface area contributed by atoms with E-state index < -0.39 is 0 Å². The van der Waals surface area contributed by atoms with Crippen molar-refractivity contribution in [3.8, 4) is 0 Å². The molecule has 2 N–H and O–H groups in total. The van der Waals surface area contributed by atoms with Crippen molar-refractivity contribution in [2.45, 2.75) is 38.6 Å². The number of nitrogens with zero attached hydrogens (tertiary/aromatic N) is 3. The summed E-state index contributed by atoms with van der Waals surface area (Å²) in [5.74, 6) is 0. The van der Waals surface area contributed by atoms with E-state index >= 15 is 0 Å². The standard InChI is InChI=1S/C20H26N4/c1-2-14-24(15-13-22-18-10-4-3-9-17(18)21)19-11-5-7-16-8-6-12-23-20(16)19/h3-4,6,8-10,12-13,19H,2,5,7,11,14-15,21H2,1H3/b22-13+. The Kier molecular flexibility index (Phi) is 5.59. The predicted octanol–water partition coefficient (Wildman–Crippen LogP) is 4.16. The molecule has 0 spiro atoms. The van der Waals surface area contributed by atoms with E-state index in [1.807, 2.05) is 42.7 Å². The number of nitrogens with two attached hydrogens (primary N) is 1. The van der Waals surface area contributed by atoms with Gasteiger partial charge in [0.15, 0.2) is 0 Å². The molecule has 3 rings (SSSR count). The Hall–Kier alpha value is -2.20. The summed E-state index contributed by atoms with van der Waals surface area (Å²) in [6.45, 7) is 4.10. The van der Waals surface area contributed by atoms with Gasteiger partial charge in [-0.05, 0) is 56.0 Å². The first-order valence-corrected chi connectivity index (χ1v) is 8.84. The van der Waals surface area contributed by atoms with Crippen molar-refractivity contribution in [3.05, 3.63) is 53.9 Å². The van der Waals surface area contributed by atoms with Crippen molar-refractivity contribution < 1.29 is 0 Å². The molecule has 0 saturated heterocycles. The number of aryl methyl sites for hydroxylation is 1. The number of pyridine rings is 1. The fraction of sp³-hybridized carbons (Fsp3) is 0.400. The Morgan fingerprint density at radius 1 is 1.29 bits per heavy atom. The molecule has 1 aliphatic rings. The van der Waals surface area contributed by atoms with Crippen molar-refractivity contribution in [2.75, 3.05) is 18.8 Å². The van der Waals surface area contributed by atoms with Gasteiger partial charge in [-0.25, -0.2) is 0 Å². The van der Waals surface area contributed by atoms with Gasteiger partial charge in [0.25, 0.3) is 0 Å². The van der Waals surface area contributed by atoms with Crippen LogP contribution in [-0.4, -0.2) is 29.2 Å². The normalized spacial score (nSPS) is 17.3. The highest BCUT2D eigenvalue weighted by molar-refractivity contribution is 5.71. The van der Waals surface area contributed by atoms with Gasteiger partial charge in [-0.15, -0.1) is 0 Å². The van der Waals surface area contributed by atoms with E-state index in [4.69, 9.17) is 5.73 Å². The Labute approximate surface area is 144 Å². The average Bonchev–Trinajstić information content (AvgIpc) is 2.62. The van der Waals surface area contributed by atoms with Gasteiger partial charge < -0.3 is 5.73 Å². The number of aliphatic imine (C=N–C) groups is 1. The molecule has 1 heterocycles. The molecule has 4 nitrogen and oxygen atoms in total. The highest BCUT2D eigenvalue weighted by atomic mass is 15.2. The van der Waals surface area contributed by atoms with Crippen LogP contribution in [0.1, 0.15) is 43.5 Å². The van der Waals surface area contributed by atoms with Crippen LogP contribution in [0.4, 0.5) is 11.4 Å². The molecule has 126 valence electrons. The molecule has 1 aromatic heterocycles. The van der Waals surface area contributed by atoms with E-state index in [2.05, 4.69) is 27.9 Å². The summed E-state index contributed by atoms with van der Waals surface area (Å²) in [4.78, 5) is 11.7. The molecule has 0 amide bonds. The average molecular weight is 322 g/mol. The van der Waals surface area contributed by atoms with Crippen LogP contribution < -0.4 is 5.73 Å². The topological polar surface area (TPSA) is 54.5 Å². The van der Waals surface area contributed by atoms with Crippen molar-refractivity contribution in [2.24, 2.45) is 4.99 Å². The molecule has 1 aromatic carbocycles. The van der Waals surface area contributed by atoms with Gasteiger partial charge in [-0.1, -0.05) is 25.1 Å². The molecule has 2 aromatic rings. The maximum Gasteiger partial charge on any atom is 0.0855 e. The van der Waals surface area contributed by atoms with E-state index in [-0.39, 0.29) is 0 Å². The number of anilines is 1. The number of nitrogen functional groups attached to an aromatic ring is 1. The van der Waals surface area contributed by atoms with Crippen LogP contribution in [0, 0.1) is 0 Å². The van der Waals surface area contributed by atoms with Gasteiger partial charge in [0, 0.05) is 19.0 Å². The monoisotopic (exact) mass is 322 g/mol. The number of hydrogen-bond acceptors (Lipinski definition) is 4. The number of fused-ring (bicyclic) bond motifs is 1. The second-order valence-electron chi connectivity index (χ2n) is 6.32. The molecule has 1 aliphatic carbocycles. The lowest BCUT2D eigenvalue weighted by molar-refractivity contribution is 0.201. The summed E-state index contributed by atoms with van der Waals surface area (Å²) >= 11 is 0. The predicted molar refractivity (Wildman–Crippen MR) is 101 cm³/mol. The minimum Gasteiger partial charge on any atom is -0.397 e. The molecule has 0 aliphatic heterocycles. The number of para-hydroxylation sites is 2. The Morgan fingerprint density at radius 3 is 3.00 bits per heavy atom. The zero-order valence-corrected chi connectivity index (χ0v) is 14.4. The van der Waals surface area contributed by atoms with Crippen molar-refractivity contribution in [1.29, 1.82) is 0 Å². The second kappa shape index (κ2) is 8.06. The van der Waals surface area contributed by atoms with Gasteiger partial charge in [0.05, 0.1) is 23.1 Å². The summed E-state index contributed by atoms with van der Waals surface area (Å²) < 4.78 is 0. The number of rotatable bonds is 6. The summed E-state index contributed by atoms with van der Waals surface area (Å²) in [5.41, 5.74) is 10.2. The van der Waals surface area contributed by atoms with Gasteiger partial charge in [-0.2, -0.15) is 0 Å². The maximum absolute atomic E-state index is 5.96. The Balaban J connectivity index is 1.75. The zero-order valence-electron chi connectivity index (χ0n) is 14.4. The third-order valence-electron chi connectivity index (χ3n) is 4.60. The highest BCUT2D eigenvalue weighted by Gasteiger charge is 2.26. The molecule has 0 saturated carbocycles. The fourth-order valence-electron chi connectivity index (χ4n) is 3.45. The minimum absolute atomic E-state index is 0.398. The molecular formula is C20H26N4. The van der Waals surface area contributed by atoms with Crippen LogP contribution in [0.15, 0.2) is 47.6 Å². The van der Waals surface area contributed by atoms with Gasteiger partial charge in [-0.3, -0.25) is 14.9 Å². The number of benzene rings is 1. The summed E-state index contributed by atoms with van der Waals surface area (Å²) in [6.07, 6.45) is 8.57. The van der Waals surface area contributed by atoms with E-state index in [9.17, 15) is 0 Å². The van der Waals surface area contributed by atoms with Crippen LogP contribution in [0.3, 0.4) is 0 Å². The highest BCUT2D eigenvalue weighted by Crippen LogP contribution is 2.32. The lowest BCUT2D eigenvalue weighted by atomic mass is 9.90. The summed E-state index contributed by atoms with van der Waals surface area (Å²) in [7, 11) is 0. The lowest BCUT2D eigenvalue weighted by Gasteiger charge is -2.34. The fourth-order valence-corrected chi connectivity index (χ4v) is 3.45. The molecule has 1 atom stereocenters. The van der Waals surface area contributed by atoms with E-state index in [0.29, 0.717) is 6.04 Å². The molecular weight excluding hydrogens is 296 g/mol. The zero-order chi connectivity index (χ0) is 16.8. The van der Waals surface area contributed by atoms with Crippen molar-refractivity contribution >= 4 is 17.6 Å². The molecule has 0 radical (unpaired) electrons. The lowest BCUT2D eigenvalue weighted by Crippen LogP contribution is -2.34. The first-order valence-electron chi connectivity index (χ1n) is 8.84. The Morgan fingerprint density at radius 2 is 2.17 bits per heavy atom. The van der Waals surface area contributed by atoms with Crippen LogP contribution >= 0.6 is 0 Å². The maximum atomic E-state index is 5.96. The first kappa shape index (κ1) is 16.7. The molecule has 1 unspecified atom stereocenters. The molecule has 4 heteroatoms. The summed E-state index contributed by atoms with van der Waals surface area (Å²) in [6, 6.07) is 12.4. The third kappa shape index (κ3) is 3.82. The summed E-state index contributed by atoms with van der Waals surface area (Å²) in [5, 5.41) is 0.